The molecule has 0 aromatic heterocycles. The minimum Gasteiger partial charge on any atom is -0.506 e. The lowest BCUT2D eigenvalue weighted by atomic mass is 10.1. The van der Waals surface area contributed by atoms with E-state index in [0.717, 1.165) is 6.07 Å². The monoisotopic (exact) mass is 639 g/mol. The van der Waals surface area contributed by atoms with Gasteiger partial charge in [-0.05, 0) is 67.9 Å². The molecule has 0 saturated carbocycles. The van der Waals surface area contributed by atoms with Crippen LogP contribution in [0.4, 0.5) is 28.4 Å². The number of benzene rings is 4. The average Bonchev–Trinajstić information content (AvgIpc) is 3.01. The summed E-state index contributed by atoms with van der Waals surface area (Å²) < 4.78 is 54.9. The molecule has 44 heavy (non-hydrogen) atoms. The van der Waals surface area contributed by atoms with E-state index in [9.17, 15) is 27.0 Å². The van der Waals surface area contributed by atoms with Crippen molar-refractivity contribution in [3.63, 3.8) is 0 Å². The molecule has 0 radical (unpaired) electrons. The summed E-state index contributed by atoms with van der Waals surface area (Å²) in [4.78, 5) is 0.106. The number of methoxy groups -OCH3 is 1. The second kappa shape index (κ2) is 13.0. The van der Waals surface area contributed by atoms with E-state index < -0.39 is 19.7 Å². The highest BCUT2D eigenvalue weighted by molar-refractivity contribution is 7.91. The Hall–Kier alpha value is -4.56. The van der Waals surface area contributed by atoms with E-state index in [1.807, 2.05) is 6.92 Å². The number of sulfone groups is 2. The van der Waals surface area contributed by atoms with Crippen LogP contribution < -0.4 is 10.1 Å². The molecule has 0 aliphatic carbocycles. The maximum atomic E-state index is 12.5. The number of aromatic hydroxyl groups is 2. The van der Waals surface area contributed by atoms with E-state index in [0.29, 0.717) is 40.0 Å². The van der Waals surface area contributed by atoms with Crippen LogP contribution in [-0.4, -0.2) is 52.2 Å². The molecule has 0 aliphatic rings. The molecule has 4 aromatic carbocycles. The molecule has 0 aliphatic heterocycles. The molecule has 0 heterocycles. The molecule has 232 valence electrons. The van der Waals surface area contributed by atoms with Crippen molar-refractivity contribution in [2.45, 2.75) is 37.5 Å². The Balaban J connectivity index is 1.79. The van der Waals surface area contributed by atoms with Gasteiger partial charge in [-0.3, -0.25) is 0 Å². The molecule has 14 heteroatoms. The molecule has 12 nitrogen and oxygen atoms in total. The van der Waals surface area contributed by atoms with E-state index in [1.165, 1.54) is 44.4 Å². The number of ether oxygens (including phenoxy) is 1. The van der Waals surface area contributed by atoms with Gasteiger partial charge in [0.25, 0.3) is 0 Å². The Morgan fingerprint density at radius 1 is 0.750 bits per heavy atom. The quantitative estimate of drug-likeness (QED) is 0.142. The van der Waals surface area contributed by atoms with Gasteiger partial charge in [0.05, 0.1) is 34.1 Å². The number of rotatable bonds is 11. The minimum atomic E-state index is -3.54. The normalized spacial score (nSPS) is 12.4. The number of azo groups is 2. The number of nitrogens with zero attached hydrogens (tertiary/aromatic N) is 4. The number of hydrogen-bond donors (Lipinski definition) is 3. The number of phenolic OH excluding ortho intramolecular Hbond substituents is 2. The third-order valence-corrected chi connectivity index (χ3v) is 10.5. The van der Waals surface area contributed by atoms with Crippen molar-refractivity contribution in [2.75, 3.05) is 30.5 Å². The van der Waals surface area contributed by atoms with Gasteiger partial charge in [-0.2, -0.15) is 0 Å². The zero-order valence-electron chi connectivity index (χ0n) is 24.9. The van der Waals surface area contributed by atoms with Gasteiger partial charge < -0.3 is 20.3 Å². The molecule has 0 unspecified atom stereocenters. The summed E-state index contributed by atoms with van der Waals surface area (Å²) in [5.41, 5.74) is 1.75. The molecule has 0 fully saturated rings. The molecule has 0 atom stereocenters. The van der Waals surface area contributed by atoms with Crippen molar-refractivity contribution < 1.29 is 31.8 Å². The Morgan fingerprint density at radius 2 is 1.41 bits per heavy atom. The second-order valence-corrected chi connectivity index (χ2v) is 14.2. The number of anilines is 1. The fourth-order valence-corrected chi connectivity index (χ4v) is 6.49. The first-order chi connectivity index (χ1) is 20.9. The van der Waals surface area contributed by atoms with Gasteiger partial charge in [-0.25, -0.2) is 16.8 Å². The molecule has 0 spiro atoms. The topological polar surface area (TPSA) is 179 Å². The van der Waals surface area contributed by atoms with Gasteiger partial charge in [0, 0.05) is 23.4 Å². The largest absolute Gasteiger partial charge is 0.506 e. The van der Waals surface area contributed by atoms with E-state index in [1.54, 1.807) is 32.0 Å². The fourth-order valence-electron chi connectivity index (χ4n) is 4.44. The standard InChI is InChI=1S/C30H33N5O7S2/c1-6-31-22-12-11-21-20(29(22)35-34-25-16-19(43(38,39)7-2)9-14-27(25)42-5)10-13-23(30(21)37)32-33-24-15-18(4)28(17-26(24)36)44(40,41)8-3/h9-17,31,36-37H,6-8H2,1-5H3/b33-32+,35-34+. The minimum absolute atomic E-state index is 0.0134. The number of phenols is 2. The highest BCUT2D eigenvalue weighted by Crippen LogP contribution is 2.44. The Morgan fingerprint density at radius 3 is 2.07 bits per heavy atom. The summed E-state index contributed by atoms with van der Waals surface area (Å²) in [7, 11) is -5.59. The van der Waals surface area contributed by atoms with Gasteiger partial charge in [-0.1, -0.05) is 13.8 Å². The number of hydrogen-bond acceptors (Lipinski definition) is 12. The summed E-state index contributed by atoms with van der Waals surface area (Å²) >= 11 is 0. The van der Waals surface area contributed by atoms with Crippen LogP contribution in [0.3, 0.4) is 0 Å². The SMILES string of the molecule is CCNc1ccc2c(O)c(/N=N/c3cc(C)c(S(=O)(=O)CC)cc3O)ccc2c1/N=N/c1cc(S(=O)(=O)CC)ccc1OC. The maximum Gasteiger partial charge on any atom is 0.178 e. The van der Waals surface area contributed by atoms with Crippen LogP contribution in [0.2, 0.25) is 0 Å². The summed E-state index contributed by atoms with van der Waals surface area (Å²) in [5, 5.41) is 42.6. The lowest BCUT2D eigenvalue weighted by molar-refractivity contribution is 0.415. The summed E-state index contributed by atoms with van der Waals surface area (Å²) in [5.74, 6) is -0.430. The average molecular weight is 640 g/mol. The molecule has 4 aromatic rings. The van der Waals surface area contributed by atoms with Gasteiger partial charge in [0.1, 0.15) is 34.2 Å². The van der Waals surface area contributed by atoms with Gasteiger partial charge >= 0.3 is 0 Å². The van der Waals surface area contributed by atoms with Crippen molar-refractivity contribution in [3.8, 4) is 17.2 Å². The van der Waals surface area contributed by atoms with Crippen LogP contribution in [0.5, 0.6) is 17.2 Å². The zero-order chi connectivity index (χ0) is 32.2. The van der Waals surface area contributed by atoms with E-state index in [2.05, 4.69) is 25.8 Å². The van der Waals surface area contributed by atoms with Gasteiger partial charge in [0.15, 0.2) is 25.4 Å². The maximum absolute atomic E-state index is 12.5. The molecule has 0 bridgehead atoms. The van der Waals surface area contributed by atoms with E-state index in [-0.39, 0.29) is 49.9 Å². The molecule has 0 saturated heterocycles. The molecule has 0 amide bonds. The fraction of sp³-hybridized carbons (Fsp3) is 0.267. The molecule has 4 rings (SSSR count). The van der Waals surface area contributed by atoms with Crippen molar-refractivity contribution >= 4 is 58.9 Å². The predicted molar refractivity (Wildman–Crippen MR) is 169 cm³/mol. The van der Waals surface area contributed by atoms with Crippen molar-refractivity contribution in [1.82, 2.24) is 0 Å². The number of fused-ring (bicyclic) bond motifs is 1. The van der Waals surface area contributed by atoms with Crippen LogP contribution in [-0.2, 0) is 19.7 Å². The molecular weight excluding hydrogens is 606 g/mol. The highest BCUT2D eigenvalue weighted by Gasteiger charge is 2.19. The summed E-state index contributed by atoms with van der Waals surface area (Å²) in [6.07, 6.45) is 0. The van der Waals surface area contributed by atoms with Crippen molar-refractivity contribution in [1.29, 1.82) is 0 Å². The van der Waals surface area contributed by atoms with Gasteiger partial charge in [0.2, 0.25) is 0 Å². The van der Waals surface area contributed by atoms with Crippen LogP contribution in [0.25, 0.3) is 10.8 Å². The third kappa shape index (κ3) is 6.50. The van der Waals surface area contributed by atoms with Crippen LogP contribution in [0.1, 0.15) is 26.3 Å². The number of nitrogens with one attached hydrogen (secondary N) is 1. The Kier molecular flexibility index (Phi) is 9.54. The second-order valence-electron chi connectivity index (χ2n) is 9.67. The Labute approximate surface area is 256 Å². The predicted octanol–water partition coefficient (Wildman–Crippen LogP) is 7.42. The van der Waals surface area contributed by atoms with Crippen LogP contribution in [0, 0.1) is 6.92 Å². The Bertz CT molecular complexity index is 2010. The first-order valence-corrected chi connectivity index (χ1v) is 17.0. The lowest BCUT2D eigenvalue weighted by Crippen LogP contribution is -2.05. The van der Waals surface area contributed by atoms with Crippen molar-refractivity contribution in [2.24, 2.45) is 20.5 Å². The van der Waals surface area contributed by atoms with Crippen LogP contribution in [0.15, 0.2) is 84.8 Å². The number of aryl methyl sites for hydroxylation is 1. The third-order valence-electron chi connectivity index (χ3n) is 6.89. The van der Waals surface area contributed by atoms with Crippen molar-refractivity contribution in [3.05, 3.63) is 60.2 Å². The zero-order valence-corrected chi connectivity index (χ0v) is 26.5. The summed E-state index contributed by atoms with van der Waals surface area (Å²) in [6, 6.07) is 13.5. The first-order valence-electron chi connectivity index (χ1n) is 13.7. The molecular formula is C30H33N5O7S2. The van der Waals surface area contributed by atoms with E-state index in [4.69, 9.17) is 4.74 Å². The highest BCUT2D eigenvalue weighted by atomic mass is 32.2. The first kappa shape index (κ1) is 32.4. The molecule has 3 N–H and O–H groups in total. The van der Waals surface area contributed by atoms with Gasteiger partial charge in [-0.15, -0.1) is 20.5 Å². The van der Waals surface area contributed by atoms with E-state index >= 15 is 0 Å². The van der Waals surface area contributed by atoms with Crippen LogP contribution >= 0.6 is 0 Å². The lowest BCUT2D eigenvalue weighted by Gasteiger charge is -2.12. The summed E-state index contributed by atoms with van der Waals surface area (Å²) in [6.45, 7) is 7.15. The smallest absolute Gasteiger partial charge is 0.178 e.